The molecule has 0 amide bonds. The molecule has 6 rings (SSSR count). The Morgan fingerprint density at radius 3 is 2.18 bits per heavy atom. The maximum Gasteiger partial charge on any atom is 0.137 e. The number of aliphatic hydroxyl groups is 1. The Kier molecular flexibility index (Phi) is 4.93. The van der Waals surface area contributed by atoms with Crippen LogP contribution in [-0.4, -0.2) is 62.2 Å². The van der Waals surface area contributed by atoms with Crippen molar-refractivity contribution < 1.29 is 19.1 Å². The van der Waals surface area contributed by atoms with Crippen molar-refractivity contribution in [1.82, 2.24) is 0 Å². The molecule has 0 aromatic heterocycles. The zero-order chi connectivity index (χ0) is 19.2. The van der Waals surface area contributed by atoms with Gasteiger partial charge in [-0.25, -0.2) is 0 Å². The lowest BCUT2D eigenvalue weighted by atomic mass is 9.48. The van der Waals surface area contributed by atoms with E-state index < -0.39 is 6.10 Å². The van der Waals surface area contributed by atoms with Crippen molar-refractivity contribution in [1.29, 1.82) is 0 Å². The van der Waals surface area contributed by atoms with E-state index in [0.717, 1.165) is 60.8 Å². The van der Waals surface area contributed by atoms with E-state index in [9.17, 15) is 5.11 Å². The van der Waals surface area contributed by atoms with Crippen LogP contribution in [0.3, 0.4) is 0 Å². The number of hydrogen-bond donors (Lipinski definition) is 1. The van der Waals surface area contributed by atoms with Gasteiger partial charge in [0.05, 0.1) is 20.3 Å². The van der Waals surface area contributed by atoms with Gasteiger partial charge in [0.25, 0.3) is 0 Å². The van der Waals surface area contributed by atoms with E-state index in [1.165, 1.54) is 44.1 Å². The summed E-state index contributed by atoms with van der Waals surface area (Å²) in [4.78, 5) is 0. The number of aliphatic hydroxyl groups excluding tert-OH is 1. The van der Waals surface area contributed by atoms with E-state index >= 15 is 0 Å². The Hall–Kier alpha value is -1.10. The first-order valence-electron chi connectivity index (χ1n) is 11.3. The first kappa shape index (κ1) is 18.9. The SMILES string of the molecule is C[N+]1(C[C@H](O)COc2ccc(C34CC5CC(CC(C5)C3)C4)cc2)CCOCC1. The molecule has 1 heterocycles. The Labute approximate surface area is 169 Å². The molecule has 5 fully saturated rings. The van der Waals surface area contributed by atoms with Gasteiger partial charge in [-0.2, -0.15) is 0 Å². The molecule has 0 radical (unpaired) electrons. The van der Waals surface area contributed by atoms with Crippen molar-refractivity contribution in [3.8, 4) is 5.75 Å². The number of hydrogen-bond acceptors (Lipinski definition) is 3. The minimum atomic E-state index is -0.439. The Balaban J connectivity index is 1.18. The standard InChI is InChI=1S/C24H36NO3/c1-25(6-8-27-9-7-25)16-22(26)17-28-23-4-2-21(3-5-23)24-13-18-10-19(14-24)12-20(11-18)15-24/h2-5,18-20,22,26H,6-17H2,1H3/q+1/t18?,19?,20?,22-,24?/m0/s1. The molecule has 4 saturated carbocycles. The van der Waals surface area contributed by atoms with Crippen molar-refractivity contribution >= 4 is 0 Å². The van der Waals surface area contributed by atoms with E-state index in [1.54, 1.807) is 0 Å². The van der Waals surface area contributed by atoms with E-state index in [4.69, 9.17) is 9.47 Å². The van der Waals surface area contributed by atoms with Crippen molar-refractivity contribution in [2.45, 2.75) is 50.0 Å². The van der Waals surface area contributed by atoms with Crippen molar-refractivity contribution in [2.75, 3.05) is 46.5 Å². The fraction of sp³-hybridized carbons (Fsp3) is 0.750. The van der Waals surface area contributed by atoms with Gasteiger partial charge >= 0.3 is 0 Å². The van der Waals surface area contributed by atoms with Gasteiger partial charge in [0.1, 0.15) is 38.1 Å². The third-order valence-corrected chi connectivity index (χ3v) is 8.15. The summed E-state index contributed by atoms with van der Waals surface area (Å²) in [5, 5.41) is 10.5. The molecular formula is C24H36NO3+. The number of benzene rings is 1. The van der Waals surface area contributed by atoms with Gasteiger partial charge in [0.15, 0.2) is 0 Å². The summed E-state index contributed by atoms with van der Waals surface area (Å²) >= 11 is 0. The van der Waals surface area contributed by atoms with Crippen molar-refractivity contribution in [2.24, 2.45) is 17.8 Å². The van der Waals surface area contributed by atoms with Gasteiger partial charge in [-0.05, 0) is 79.4 Å². The zero-order valence-electron chi connectivity index (χ0n) is 17.3. The summed E-state index contributed by atoms with van der Waals surface area (Å²) in [5.74, 6) is 3.81. The highest BCUT2D eigenvalue weighted by Crippen LogP contribution is 2.60. The van der Waals surface area contributed by atoms with Gasteiger partial charge in [-0.1, -0.05) is 12.1 Å². The third-order valence-electron chi connectivity index (χ3n) is 8.15. The van der Waals surface area contributed by atoms with Crippen molar-refractivity contribution in [3.05, 3.63) is 29.8 Å². The van der Waals surface area contributed by atoms with Crippen LogP contribution in [0.5, 0.6) is 5.75 Å². The third kappa shape index (κ3) is 3.71. The summed E-state index contributed by atoms with van der Waals surface area (Å²) in [5.41, 5.74) is 1.98. The summed E-state index contributed by atoms with van der Waals surface area (Å²) < 4.78 is 12.3. The van der Waals surface area contributed by atoms with Crippen LogP contribution in [0.25, 0.3) is 0 Å². The normalized spacial score (nSPS) is 37.0. The smallest absolute Gasteiger partial charge is 0.137 e. The molecule has 1 N–H and O–H groups in total. The molecule has 1 aromatic rings. The lowest BCUT2D eigenvalue weighted by Crippen LogP contribution is -2.56. The summed E-state index contributed by atoms with van der Waals surface area (Å²) in [6.07, 6.45) is 8.23. The van der Waals surface area contributed by atoms with Crippen LogP contribution in [0.1, 0.15) is 44.1 Å². The van der Waals surface area contributed by atoms with Gasteiger partial charge in [-0.3, -0.25) is 0 Å². The van der Waals surface area contributed by atoms with Gasteiger partial charge in [0.2, 0.25) is 0 Å². The predicted molar refractivity (Wildman–Crippen MR) is 109 cm³/mol. The number of likely N-dealkylation sites (N-methyl/N-ethyl adjacent to an activating group) is 1. The van der Waals surface area contributed by atoms with Crippen LogP contribution in [0.2, 0.25) is 0 Å². The molecule has 0 spiro atoms. The Morgan fingerprint density at radius 1 is 1.04 bits per heavy atom. The van der Waals surface area contributed by atoms with Crippen LogP contribution in [0, 0.1) is 17.8 Å². The molecule has 5 aliphatic rings. The maximum absolute atomic E-state index is 10.5. The highest BCUT2D eigenvalue weighted by Gasteiger charge is 2.51. The molecule has 4 bridgehead atoms. The molecule has 4 heteroatoms. The van der Waals surface area contributed by atoms with Crippen LogP contribution < -0.4 is 4.74 Å². The maximum atomic E-state index is 10.5. The highest BCUT2D eigenvalue weighted by atomic mass is 16.5. The Morgan fingerprint density at radius 2 is 1.61 bits per heavy atom. The monoisotopic (exact) mass is 386 g/mol. The molecule has 0 unspecified atom stereocenters. The van der Waals surface area contributed by atoms with Gasteiger partial charge in [0, 0.05) is 0 Å². The minimum Gasteiger partial charge on any atom is -0.491 e. The fourth-order valence-corrected chi connectivity index (χ4v) is 7.09. The topological polar surface area (TPSA) is 38.7 Å². The lowest BCUT2D eigenvalue weighted by molar-refractivity contribution is -0.919. The van der Waals surface area contributed by atoms with Crippen LogP contribution in [-0.2, 0) is 10.2 Å². The highest BCUT2D eigenvalue weighted by molar-refractivity contribution is 5.34. The van der Waals surface area contributed by atoms with E-state index in [1.807, 2.05) is 0 Å². The number of ether oxygens (including phenoxy) is 2. The predicted octanol–water partition coefficient (Wildman–Crippen LogP) is 3.37. The zero-order valence-corrected chi connectivity index (χ0v) is 17.3. The Bertz CT molecular complexity index is 644. The van der Waals surface area contributed by atoms with E-state index in [0.29, 0.717) is 12.0 Å². The second-order valence-electron chi connectivity index (χ2n) is 10.5. The average molecular weight is 387 g/mol. The first-order chi connectivity index (χ1) is 13.5. The summed E-state index contributed by atoms with van der Waals surface area (Å²) in [6, 6.07) is 8.88. The number of rotatable bonds is 6. The first-order valence-corrected chi connectivity index (χ1v) is 11.3. The van der Waals surface area contributed by atoms with E-state index in [2.05, 4.69) is 31.3 Å². The summed E-state index contributed by atoms with van der Waals surface area (Å²) in [6.45, 7) is 4.61. The number of quaternary nitrogens is 1. The molecule has 4 nitrogen and oxygen atoms in total. The molecule has 1 aromatic carbocycles. The second-order valence-corrected chi connectivity index (χ2v) is 10.5. The molecule has 1 saturated heterocycles. The minimum absolute atomic E-state index is 0.366. The lowest BCUT2D eigenvalue weighted by Gasteiger charge is -2.57. The largest absolute Gasteiger partial charge is 0.491 e. The molecule has 4 aliphatic carbocycles. The molecule has 28 heavy (non-hydrogen) atoms. The molecule has 154 valence electrons. The van der Waals surface area contributed by atoms with Crippen molar-refractivity contribution in [3.63, 3.8) is 0 Å². The quantitative estimate of drug-likeness (QED) is 0.762. The van der Waals surface area contributed by atoms with Crippen LogP contribution in [0.4, 0.5) is 0 Å². The van der Waals surface area contributed by atoms with Gasteiger partial charge < -0.3 is 19.1 Å². The van der Waals surface area contributed by atoms with Gasteiger partial charge in [-0.15, -0.1) is 0 Å². The molecular weight excluding hydrogens is 350 g/mol. The number of morpholine rings is 1. The number of nitrogens with zero attached hydrogens (tertiary/aromatic N) is 1. The fourth-order valence-electron chi connectivity index (χ4n) is 7.09. The average Bonchev–Trinajstić information content (AvgIpc) is 2.66. The molecule has 1 aliphatic heterocycles. The molecule has 1 atom stereocenters. The van der Waals surface area contributed by atoms with Crippen LogP contribution in [0.15, 0.2) is 24.3 Å². The van der Waals surface area contributed by atoms with Crippen LogP contribution >= 0.6 is 0 Å². The van der Waals surface area contributed by atoms with E-state index in [-0.39, 0.29) is 0 Å². The second kappa shape index (κ2) is 7.30. The summed E-state index contributed by atoms with van der Waals surface area (Å²) in [7, 11) is 2.20.